The summed E-state index contributed by atoms with van der Waals surface area (Å²) in [6, 6.07) is 19.1. The van der Waals surface area contributed by atoms with Crippen LogP contribution in [-0.2, 0) is 16.1 Å². The first-order chi connectivity index (χ1) is 14.5. The fourth-order valence-electron chi connectivity index (χ4n) is 2.71. The van der Waals surface area contributed by atoms with Crippen LogP contribution in [0.15, 0.2) is 66.7 Å². The van der Waals surface area contributed by atoms with Crippen LogP contribution in [0.4, 0.5) is 5.00 Å². The predicted octanol–water partition coefficient (Wildman–Crippen LogP) is 5.46. The van der Waals surface area contributed by atoms with Crippen LogP contribution in [-0.4, -0.2) is 18.5 Å². The third kappa shape index (κ3) is 6.06. The Kier molecular flexibility index (Phi) is 7.40. The van der Waals surface area contributed by atoms with E-state index in [9.17, 15) is 9.59 Å². The van der Waals surface area contributed by atoms with E-state index in [1.807, 2.05) is 61.5 Å². The fraction of sp³-hybridized carbons (Fsp3) is 0.167. The van der Waals surface area contributed by atoms with Crippen molar-refractivity contribution in [1.29, 1.82) is 0 Å². The summed E-state index contributed by atoms with van der Waals surface area (Å²) in [7, 11) is 0. The monoisotopic (exact) mass is 421 g/mol. The van der Waals surface area contributed by atoms with Crippen LogP contribution in [0, 0.1) is 6.92 Å². The standard InChI is InChI=1S/C24H23NO4S/c1-3-28-24(27)21-15-17(2)30-23(21)25-22(26)14-11-18-9-12-20(13-10-18)29-16-19-7-5-4-6-8-19/h4-15H,3,16H2,1-2H3,(H,25,26)/b14-11+. The second kappa shape index (κ2) is 10.4. The molecule has 0 unspecified atom stereocenters. The quantitative estimate of drug-likeness (QED) is 0.387. The Bertz CT molecular complexity index is 1020. The van der Waals surface area contributed by atoms with Crippen LogP contribution in [0.1, 0.15) is 33.3 Å². The van der Waals surface area contributed by atoms with Gasteiger partial charge in [0.1, 0.15) is 17.4 Å². The van der Waals surface area contributed by atoms with E-state index >= 15 is 0 Å². The third-order valence-corrected chi connectivity index (χ3v) is 5.11. The fourth-order valence-corrected chi connectivity index (χ4v) is 3.61. The highest BCUT2D eigenvalue weighted by molar-refractivity contribution is 7.16. The van der Waals surface area contributed by atoms with Crippen molar-refractivity contribution >= 4 is 34.3 Å². The first-order valence-corrected chi connectivity index (χ1v) is 10.4. The van der Waals surface area contributed by atoms with Crippen LogP contribution >= 0.6 is 11.3 Å². The summed E-state index contributed by atoms with van der Waals surface area (Å²) in [5.74, 6) is 0.00705. The molecule has 5 nitrogen and oxygen atoms in total. The largest absolute Gasteiger partial charge is 0.489 e. The molecule has 0 saturated heterocycles. The molecular formula is C24H23NO4S. The zero-order valence-corrected chi connectivity index (χ0v) is 17.7. The summed E-state index contributed by atoms with van der Waals surface area (Å²) in [4.78, 5) is 25.2. The summed E-state index contributed by atoms with van der Waals surface area (Å²) >= 11 is 1.34. The lowest BCUT2D eigenvalue weighted by atomic mass is 10.2. The zero-order valence-electron chi connectivity index (χ0n) is 16.9. The molecule has 1 aromatic heterocycles. The number of anilines is 1. The summed E-state index contributed by atoms with van der Waals surface area (Å²) in [6.45, 7) is 4.41. The molecule has 3 rings (SSSR count). The molecule has 2 aromatic carbocycles. The SMILES string of the molecule is CCOC(=O)c1cc(C)sc1NC(=O)/C=C/c1ccc(OCc2ccccc2)cc1. The minimum absolute atomic E-state index is 0.284. The van der Waals surface area contributed by atoms with E-state index in [0.29, 0.717) is 17.2 Å². The van der Waals surface area contributed by atoms with Gasteiger partial charge in [0.25, 0.3) is 0 Å². The Morgan fingerprint density at radius 1 is 1.07 bits per heavy atom. The van der Waals surface area contributed by atoms with Gasteiger partial charge in [-0.25, -0.2) is 4.79 Å². The number of thiophene rings is 1. The molecule has 1 heterocycles. The van der Waals surface area contributed by atoms with Gasteiger partial charge in [0.2, 0.25) is 5.91 Å². The van der Waals surface area contributed by atoms with Crippen molar-refractivity contribution in [2.75, 3.05) is 11.9 Å². The average Bonchev–Trinajstić information content (AvgIpc) is 3.12. The van der Waals surface area contributed by atoms with Crippen molar-refractivity contribution in [2.45, 2.75) is 20.5 Å². The first kappa shape index (κ1) is 21.3. The maximum Gasteiger partial charge on any atom is 0.341 e. The number of ether oxygens (including phenoxy) is 2. The number of benzene rings is 2. The molecule has 0 bridgehead atoms. The van der Waals surface area contributed by atoms with E-state index in [-0.39, 0.29) is 12.5 Å². The van der Waals surface area contributed by atoms with E-state index in [2.05, 4.69) is 5.32 Å². The number of aryl methyl sites for hydroxylation is 1. The Labute approximate surface area is 180 Å². The molecule has 0 aliphatic heterocycles. The molecule has 0 saturated carbocycles. The van der Waals surface area contributed by atoms with E-state index in [4.69, 9.17) is 9.47 Å². The first-order valence-electron chi connectivity index (χ1n) is 9.58. The van der Waals surface area contributed by atoms with Crippen molar-refractivity contribution in [3.8, 4) is 5.75 Å². The van der Waals surface area contributed by atoms with Crippen molar-refractivity contribution in [1.82, 2.24) is 0 Å². The van der Waals surface area contributed by atoms with E-state index in [0.717, 1.165) is 21.8 Å². The normalized spacial score (nSPS) is 10.7. The minimum Gasteiger partial charge on any atom is -0.489 e. The maximum atomic E-state index is 12.3. The number of hydrogen-bond donors (Lipinski definition) is 1. The summed E-state index contributed by atoms with van der Waals surface area (Å²) < 4.78 is 10.8. The Hall–Kier alpha value is -3.38. The zero-order chi connectivity index (χ0) is 21.3. The maximum absolute atomic E-state index is 12.3. The number of nitrogens with one attached hydrogen (secondary N) is 1. The highest BCUT2D eigenvalue weighted by Crippen LogP contribution is 2.28. The van der Waals surface area contributed by atoms with E-state index in [1.54, 1.807) is 19.1 Å². The molecule has 6 heteroatoms. The van der Waals surface area contributed by atoms with Gasteiger partial charge >= 0.3 is 5.97 Å². The lowest BCUT2D eigenvalue weighted by Crippen LogP contribution is -2.11. The second-order valence-electron chi connectivity index (χ2n) is 6.49. The van der Waals surface area contributed by atoms with Crippen molar-refractivity contribution in [3.63, 3.8) is 0 Å². The van der Waals surface area contributed by atoms with E-state index < -0.39 is 5.97 Å². The van der Waals surface area contributed by atoms with Gasteiger partial charge in [-0.15, -0.1) is 11.3 Å². The molecule has 0 aliphatic rings. The number of rotatable bonds is 8. The van der Waals surface area contributed by atoms with Gasteiger partial charge < -0.3 is 14.8 Å². The molecular weight excluding hydrogens is 398 g/mol. The van der Waals surface area contributed by atoms with Crippen LogP contribution < -0.4 is 10.1 Å². The number of carbonyl (C=O) groups is 2. The van der Waals surface area contributed by atoms with Gasteiger partial charge in [-0.05, 0) is 49.2 Å². The molecule has 0 radical (unpaired) electrons. The molecule has 0 atom stereocenters. The minimum atomic E-state index is -0.438. The van der Waals surface area contributed by atoms with Gasteiger partial charge in [0.15, 0.2) is 0 Å². The number of carbonyl (C=O) groups excluding carboxylic acids is 2. The predicted molar refractivity (Wildman–Crippen MR) is 120 cm³/mol. The molecule has 1 amide bonds. The highest BCUT2D eigenvalue weighted by atomic mass is 32.1. The molecule has 154 valence electrons. The Morgan fingerprint density at radius 3 is 2.50 bits per heavy atom. The van der Waals surface area contributed by atoms with Gasteiger partial charge in [0.05, 0.1) is 12.2 Å². The summed E-state index contributed by atoms with van der Waals surface area (Å²) in [6.07, 6.45) is 3.14. The summed E-state index contributed by atoms with van der Waals surface area (Å²) in [5.41, 5.74) is 2.34. The topological polar surface area (TPSA) is 64.6 Å². The highest BCUT2D eigenvalue weighted by Gasteiger charge is 2.17. The van der Waals surface area contributed by atoms with Gasteiger partial charge in [-0.1, -0.05) is 42.5 Å². The molecule has 0 fully saturated rings. The molecule has 30 heavy (non-hydrogen) atoms. The molecule has 1 N–H and O–H groups in total. The summed E-state index contributed by atoms with van der Waals surface area (Å²) in [5, 5.41) is 3.25. The van der Waals surface area contributed by atoms with Gasteiger partial charge in [0, 0.05) is 11.0 Å². The average molecular weight is 422 g/mol. The van der Waals surface area contributed by atoms with Crippen molar-refractivity contribution in [3.05, 3.63) is 88.3 Å². The van der Waals surface area contributed by atoms with Gasteiger partial charge in [-0.2, -0.15) is 0 Å². The lowest BCUT2D eigenvalue weighted by molar-refractivity contribution is -0.111. The van der Waals surface area contributed by atoms with E-state index in [1.165, 1.54) is 17.4 Å². The smallest absolute Gasteiger partial charge is 0.341 e. The van der Waals surface area contributed by atoms with Crippen molar-refractivity contribution < 1.29 is 19.1 Å². The molecule has 0 spiro atoms. The number of hydrogen-bond acceptors (Lipinski definition) is 5. The number of amides is 1. The lowest BCUT2D eigenvalue weighted by Gasteiger charge is -2.06. The molecule has 3 aromatic rings. The van der Waals surface area contributed by atoms with Gasteiger partial charge in [-0.3, -0.25) is 4.79 Å². The van der Waals surface area contributed by atoms with Crippen LogP contribution in [0.5, 0.6) is 5.75 Å². The second-order valence-corrected chi connectivity index (χ2v) is 7.74. The molecule has 0 aliphatic carbocycles. The van der Waals surface area contributed by atoms with Crippen LogP contribution in [0.3, 0.4) is 0 Å². The Balaban J connectivity index is 1.57. The van der Waals surface area contributed by atoms with Crippen LogP contribution in [0.2, 0.25) is 0 Å². The van der Waals surface area contributed by atoms with Crippen LogP contribution in [0.25, 0.3) is 6.08 Å². The Morgan fingerprint density at radius 2 is 1.80 bits per heavy atom. The van der Waals surface area contributed by atoms with Crippen molar-refractivity contribution in [2.24, 2.45) is 0 Å². The number of esters is 1. The third-order valence-electron chi connectivity index (χ3n) is 4.14.